The second-order valence-corrected chi connectivity index (χ2v) is 6.28. The Morgan fingerprint density at radius 3 is 2.70 bits per heavy atom. The number of hydrogen-bond donors (Lipinski definition) is 1. The molecule has 0 saturated carbocycles. The van der Waals surface area contributed by atoms with Crippen molar-refractivity contribution in [3.8, 4) is 0 Å². The lowest BCUT2D eigenvalue weighted by Gasteiger charge is -2.39. The third-order valence-electron chi connectivity index (χ3n) is 4.02. The van der Waals surface area contributed by atoms with Crippen LogP contribution >= 0.6 is 15.9 Å². The molecule has 0 spiro atoms. The fraction of sp³-hybridized carbons (Fsp3) is 0.571. The number of hydrogen-bond acceptors (Lipinski definition) is 2. The van der Waals surface area contributed by atoms with Gasteiger partial charge < -0.3 is 10.6 Å². The maximum Gasteiger partial charge on any atom is 0.418 e. The molecule has 1 aromatic rings. The van der Waals surface area contributed by atoms with Crippen LogP contribution in [-0.2, 0) is 6.18 Å². The minimum absolute atomic E-state index is 0.240. The van der Waals surface area contributed by atoms with Crippen molar-refractivity contribution in [2.24, 2.45) is 17.6 Å². The van der Waals surface area contributed by atoms with Gasteiger partial charge in [0, 0.05) is 17.6 Å². The van der Waals surface area contributed by atoms with Gasteiger partial charge in [-0.1, -0.05) is 22.9 Å². The summed E-state index contributed by atoms with van der Waals surface area (Å²) >= 11 is 3.26. The number of alkyl halides is 3. The minimum atomic E-state index is -4.34. The summed E-state index contributed by atoms with van der Waals surface area (Å²) in [6.45, 7) is 3.84. The Labute approximate surface area is 125 Å². The smallest absolute Gasteiger partial charge is 0.371 e. The SMILES string of the molecule is CC1CCN(c2cc(Br)ccc2C(F)(F)F)CC1CN. The Morgan fingerprint density at radius 1 is 1.40 bits per heavy atom. The van der Waals surface area contributed by atoms with Crippen LogP contribution in [0.2, 0.25) is 0 Å². The molecule has 2 N–H and O–H groups in total. The van der Waals surface area contributed by atoms with Crippen molar-refractivity contribution in [3.05, 3.63) is 28.2 Å². The second kappa shape index (κ2) is 5.93. The van der Waals surface area contributed by atoms with E-state index in [1.807, 2.05) is 4.90 Å². The number of piperidine rings is 1. The Hall–Kier alpha value is -0.750. The van der Waals surface area contributed by atoms with E-state index in [4.69, 9.17) is 5.73 Å². The summed E-state index contributed by atoms with van der Waals surface area (Å²) in [6, 6.07) is 4.11. The molecular formula is C14H18BrF3N2. The van der Waals surface area contributed by atoms with Crippen molar-refractivity contribution < 1.29 is 13.2 Å². The van der Waals surface area contributed by atoms with Crippen LogP contribution in [0, 0.1) is 11.8 Å². The number of anilines is 1. The zero-order valence-electron chi connectivity index (χ0n) is 11.3. The average Bonchev–Trinajstić information content (AvgIpc) is 2.37. The van der Waals surface area contributed by atoms with Crippen LogP contribution in [-0.4, -0.2) is 19.6 Å². The minimum Gasteiger partial charge on any atom is -0.371 e. The van der Waals surface area contributed by atoms with Crippen LogP contribution in [0.4, 0.5) is 18.9 Å². The fourth-order valence-electron chi connectivity index (χ4n) is 2.68. The van der Waals surface area contributed by atoms with E-state index in [1.54, 1.807) is 6.07 Å². The Bertz CT molecular complexity index is 476. The highest BCUT2D eigenvalue weighted by molar-refractivity contribution is 9.10. The topological polar surface area (TPSA) is 29.3 Å². The molecule has 1 heterocycles. The van der Waals surface area contributed by atoms with Crippen molar-refractivity contribution in [1.29, 1.82) is 0 Å². The quantitative estimate of drug-likeness (QED) is 0.876. The van der Waals surface area contributed by atoms with Gasteiger partial charge in [0.05, 0.1) is 11.3 Å². The van der Waals surface area contributed by atoms with E-state index in [0.29, 0.717) is 30.0 Å². The maximum absolute atomic E-state index is 13.1. The van der Waals surface area contributed by atoms with Crippen molar-refractivity contribution in [3.63, 3.8) is 0 Å². The van der Waals surface area contributed by atoms with Gasteiger partial charge in [-0.25, -0.2) is 0 Å². The molecule has 1 saturated heterocycles. The third kappa shape index (κ3) is 3.28. The van der Waals surface area contributed by atoms with E-state index >= 15 is 0 Å². The molecule has 1 fully saturated rings. The van der Waals surface area contributed by atoms with Crippen molar-refractivity contribution >= 4 is 21.6 Å². The first-order valence-corrected chi connectivity index (χ1v) is 7.44. The third-order valence-corrected chi connectivity index (χ3v) is 4.52. The van der Waals surface area contributed by atoms with Crippen molar-refractivity contribution in [2.75, 3.05) is 24.5 Å². The summed E-state index contributed by atoms with van der Waals surface area (Å²) < 4.78 is 40.0. The van der Waals surface area contributed by atoms with Gasteiger partial charge >= 0.3 is 6.18 Å². The molecule has 2 rings (SSSR count). The molecule has 0 aromatic heterocycles. The van der Waals surface area contributed by atoms with Gasteiger partial charge in [0.2, 0.25) is 0 Å². The molecule has 1 aliphatic rings. The van der Waals surface area contributed by atoms with Crippen LogP contribution in [0.5, 0.6) is 0 Å². The molecule has 0 amide bonds. The Balaban J connectivity index is 2.34. The molecule has 0 bridgehead atoms. The summed E-state index contributed by atoms with van der Waals surface area (Å²) in [7, 11) is 0. The van der Waals surface area contributed by atoms with Crippen LogP contribution in [0.15, 0.2) is 22.7 Å². The van der Waals surface area contributed by atoms with Crippen LogP contribution in [0.3, 0.4) is 0 Å². The van der Waals surface area contributed by atoms with E-state index in [-0.39, 0.29) is 11.6 Å². The van der Waals surface area contributed by atoms with E-state index in [9.17, 15) is 13.2 Å². The molecule has 1 aromatic carbocycles. The highest BCUT2D eigenvalue weighted by atomic mass is 79.9. The highest BCUT2D eigenvalue weighted by Crippen LogP contribution is 2.39. The summed E-state index contributed by atoms with van der Waals surface area (Å²) in [5.74, 6) is 0.696. The lowest BCUT2D eigenvalue weighted by molar-refractivity contribution is -0.137. The molecule has 20 heavy (non-hydrogen) atoms. The molecule has 0 aliphatic carbocycles. The monoisotopic (exact) mass is 350 g/mol. The molecular weight excluding hydrogens is 333 g/mol. The summed E-state index contributed by atoms with van der Waals surface area (Å²) in [6.07, 6.45) is -3.47. The first kappa shape index (κ1) is 15.6. The number of nitrogens with two attached hydrogens (primary N) is 1. The summed E-state index contributed by atoms with van der Waals surface area (Å²) in [4.78, 5) is 1.81. The predicted octanol–water partition coefficient (Wildman–Crippen LogP) is 3.89. The first-order valence-electron chi connectivity index (χ1n) is 6.64. The predicted molar refractivity (Wildman–Crippen MR) is 77.7 cm³/mol. The summed E-state index contributed by atoms with van der Waals surface area (Å²) in [5, 5.41) is 0. The molecule has 0 radical (unpaired) electrons. The van der Waals surface area contributed by atoms with Crippen molar-refractivity contribution in [1.82, 2.24) is 0 Å². The van der Waals surface area contributed by atoms with E-state index in [2.05, 4.69) is 22.9 Å². The molecule has 2 unspecified atom stereocenters. The first-order chi connectivity index (χ1) is 9.32. The van der Waals surface area contributed by atoms with Gasteiger partial charge in [-0.3, -0.25) is 0 Å². The number of nitrogens with zero attached hydrogens (tertiary/aromatic N) is 1. The standard InChI is InChI=1S/C14H18BrF3N2/c1-9-4-5-20(8-10(9)7-19)13-6-11(15)2-3-12(13)14(16,17)18/h2-3,6,9-10H,4-5,7-8,19H2,1H3. The fourth-order valence-corrected chi connectivity index (χ4v) is 3.03. The number of benzene rings is 1. The largest absolute Gasteiger partial charge is 0.418 e. The van der Waals surface area contributed by atoms with Gasteiger partial charge in [-0.15, -0.1) is 0 Å². The summed E-state index contributed by atoms with van der Waals surface area (Å²) in [5.41, 5.74) is 5.40. The normalized spacial score (nSPS) is 24.0. The highest BCUT2D eigenvalue weighted by Gasteiger charge is 2.36. The Morgan fingerprint density at radius 2 is 2.10 bits per heavy atom. The average molecular weight is 351 g/mol. The number of halogens is 4. The van der Waals surface area contributed by atoms with Gasteiger partial charge in [-0.05, 0) is 43.0 Å². The van der Waals surface area contributed by atoms with E-state index in [1.165, 1.54) is 6.07 Å². The molecule has 112 valence electrons. The number of rotatable bonds is 2. The molecule has 2 nitrogen and oxygen atoms in total. The molecule has 6 heteroatoms. The lowest BCUT2D eigenvalue weighted by Crippen LogP contribution is -2.43. The van der Waals surface area contributed by atoms with Gasteiger partial charge in [-0.2, -0.15) is 13.2 Å². The van der Waals surface area contributed by atoms with Crippen LogP contribution < -0.4 is 10.6 Å². The van der Waals surface area contributed by atoms with Crippen LogP contribution in [0.1, 0.15) is 18.9 Å². The van der Waals surface area contributed by atoms with Gasteiger partial charge in [0.15, 0.2) is 0 Å². The maximum atomic E-state index is 13.1. The van der Waals surface area contributed by atoms with Crippen molar-refractivity contribution in [2.45, 2.75) is 19.5 Å². The zero-order chi connectivity index (χ0) is 14.9. The van der Waals surface area contributed by atoms with Gasteiger partial charge in [0.1, 0.15) is 0 Å². The molecule has 1 aliphatic heterocycles. The van der Waals surface area contributed by atoms with E-state index in [0.717, 1.165) is 12.5 Å². The Kier molecular flexibility index (Phi) is 4.64. The lowest BCUT2D eigenvalue weighted by atomic mass is 9.86. The second-order valence-electron chi connectivity index (χ2n) is 5.37. The van der Waals surface area contributed by atoms with Crippen LogP contribution in [0.25, 0.3) is 0 Å². The van der Waals surface area contributed by atoms with E-state index < -0.39 is 11.7 Å². The van der Waals surface area contributed by atoms with Gasteiger partial charge in [0.25, 0.3) is 0 Å². The molecule has 2 atom stereocenters. The zero-order valence-corrected chi connectivity index (χ0v) is 12.8.